The smallest absolute Gasteiger partial charge is 0.339 e. The van der Waals surface area contributed by atoms with E-state index in [9.17, 15) is 9.90 Å². The maximum absolute atomic E-state index is 11.6. The lowest BCUT2D eigenvalue weighted by Crippen LogP contribution is -2.06. The zero-order valence-electron chi connectivity index (χ0n) is 14.4. The van der Waals surface area contributed by atoms with Crippen LogP contribution in [-0.4, -0.2) is 20.6 Å². The van der Waals surface area contributed by atoms with E-state index in [-0.39, 0.29) is 5.56 Å². The Balaban J connectivity index is 1.70. The second-order valence-corrected chi connectivity index (χ2v) is 6.96. The van der Waals surface area contributed by atoms with Gasteiger partial charge >= 0.3 is 5.97 Å². The van der Waals surface area contributed by atoms with Gasteiger partial charge in [0, 0.05) is 24.1 Å². The number of rotatable bonds is 5. The zero-order valence-corrected chi connectivity index (χ0v) is 14.4. The number of pyridine rings is 1. The Kier molecular flexibility index (Phi) is 3.71. The molecule has 25 heavy (non-hydrogen) atoms. The summed E-state index contributed by atoms with van der Waals surface area (Å²) in [6, 6.07) is 10.2. The second kappa shape index (κ2) is 5.92. The van der Waals surface area contributed by atoms with E-state index in [4.69, 9.17) is 0 Å². The molecule has 2 heterocycles. The summed E-state index contributed by atoms with van der Waals surface area (Å²) in [4.78, 5) is 16.0. The minimum atomic E-state index is -0.955. The molecule has 4 rings (SSSR count). The summed E-state index contributed by atoms with van der Waals surface area (Å²) in [7, 11) is 0. The number of anilines is 2. The molecule has 2 N–H and O–H groups in total. The molecule has 1 fully saturated rings. The summed E-state index contributed by atoms with van der Waals surface area (Å²) >= 11 is 0. The molecule has 0 amide bonds. The van der Waals surface area contributed by atoms with Gasteiger partial charge in [0.05, 0.1) is 5.52 Å². The van der Waals surface area contributed by atoms with Crippen LogP contribution in [0.2, 0.25) is 0 Å². The molecule has 0 unspecified atom stereocenters. The predicted molar refractivity (Wildman–Crippen MR) is 98.8 cm³/mol. The van der Waals surface area contributed by atoms with Crippen LogP contribution in [-0.2, 0) is 0 Å². The first kappa shape index (κ1) is 15.7. The minimum absolute atomic E-state index is 0.226. The Labute approximate surface area is 146 Å². The van der Waals surface area contributed by atoms with Gasteiger partial charge in [-0.2, -0.15) is 0 Å². The van der Waals surface area contributed by atoms with Gasteiger partial charge in [0.2, 0.25) is 0 Å². The van der Waals surface area contributed by atoms with Gasteiger partial charge < -0.3 is 15.0 Å². The minimum Gasteiger partial charge on any atom is -0.478 e. The van der Waals surface area contributed by atoms with E-state index in [2.05, 4.69) is 41.0 Å². The number of carboxylic acids is 1. The number of carboxylic acid groups (broad SMARTS) is 1. The van der Waals surface area contributed by atoms with Crippen LogP contribution in [0.5, 0.6) is 0 Å². The molecule has 1 aromatic carbocycles. The van der Waals surface area contributed by atoms with Crippen molar-refractivity contribution in [3.63, 3.8) is 0 Å². The van der Waals surface area contributed by atoms with E-state index >= 15 is 0 Å². The molecular formula is C20H21N3O2. The number of hydrogen-bond acceptors (Lipinski definition) is 3. The van der Waals surface area contributed by atoms with Crippen molar-refractivity contribution in [1.82, 2.24) is 9.55 Å². The van der Waals surface area contributed by atoms with Crippen molar-refractivity contribution in [3.8, 4) is 0 Å². The molecule has 2 aromatic heterocycles. The fourth-order valence-corrected chi connectivity index (χ4v) is 3.20. The number of carbonyl (C=O) groups is 1. The Morgan fingerprint density at radius 2 is 2.08 bits per heavy atom. The van der Waals surface area contributed by atoms with Crippen molar-refractivity contribution in [2.75, 3.05) is 5.32 Å². The van der Waals surface area contributed by atoms with Gasteiger partial charge in [-0.15, -0.1) is 0 Å². The summed E-state index contributed by atoms with van der Waals surface area (Å²) in [6.07, 6.45) is 6.11. The average Bonchev–Trinajstić information content (AvgIpc) is 3.34. The summed E-state index contributed by atoms with van der Waals surface area (Å²) < 4.78 is 2.20. The van der Waals surface area contributed by atoms with Gasteiger partial charge in [-0.05, 0) is 67.8 Å². The van der Waals surface area contributed by atoms with Crippen molar-refractivity contribution in [2.45, 2.75) is 38.6 Å². The number of benzene rings is 1. The molecule has 0 atom stereocenters. The molecule has 5 nitrogen and oxygen atoms in total. The van der Waals surface area contributed by atoms with Gasteiger partial charge in [-0.3, -0.25) is 0 Å². The lowest BCUT2D eigenvalue weighted by atomic mass is 10.1. The molecule has 3 aromatic rings. The summed E-state index contributed by atoms with van der Waals surface area (Å²) in [5.74, 6) is -0.0895. The van der Waals surface area contributed by atoms with E-state index in [1.807, 2.05) is 18.2 Å². The highest BCUT2D eigenvalue weighted by molar-refractivity contribution is 5.94. The van der Waals surface area contributed by atoms with Crippen LogP contribution in [0.3, 0.4) is 0 Å². The van der Waals surface area contributed by atoms with Crippen LogP contribution >= 0.6 is 0 Å². The van der Waals surface area contributed by atoms with E-state index in [0.29, 0.717) is 17.8 Å². The van der Waals surface area contributed by atoms with Crippen LogP contribution in [0.15, 0.2) is 42.7 Å². The first-order chi connectivity index (χ1) is 12.0. The third-order valence-electron chi connectivity index (χ3n) is 4.73. The van der Waals surface area contributed by atoms with Crippen LogP contribution in [0, 0.1) is 0 Å². The van der Waals surface area contributed by atoms with Crippen LogP contribution in [0.4, 0.5) is 11.5 Å². The Hall–Kier alpha value is -2.82. The van der Waals surface area contributed by atoms with Crippen molar-refractivity contribution in [1.29, 1.82) is 0 Å². The first-order valence-corrected chi connectivity index (χ1v) is 8.64. The van der Waals surface area contributed by atoms with E-state index in [1.165, 1.54) is 0 Å². The SMILES string of the molecule is CC(C)n1ccc2ccc(Nc3ncc(C4CC4)cc3C(=O)O)cc21. The maximum Gasteiger partial charge on any atom is 0.339 e. The van der Waals surface area contributed by atoms with Crippen LogP contribution in [0.1, 0.15) is 54.6 Å². The van der Waals surface area contributed by atoms with Gasteiger partial charge in [0.15, 0.2) is 0 Å². The standard InChI is InChI=1S/C20H21N3O2/c1-12(2)23-8-7-14-5-6-16(10-18(14)23)22-19-17(20(24)25)9-15(11-21-19)13-3-4-13/h5-13H,3-4H2,1-2H3,(H,21,22)(H,24,25). The lowest BCUT2D eigenvalue weighted by Gasteiger charge is -2.13. The summed E-state index contributed by atoms with van der Waals surface area (Å²) in [5, 5.41) is 13.9. The molecule has 1 aliphatic carbocycles. The molecular weight excluding hydrogens is 314 g/mol. The van der Waals surface area contributed by atoms with E-state index < -0.39 is 5.97 Å². The van der Waals surface area contributed by atoms with Crippen LogP contribution in [0.25, 0.3) is 10.9 Å². The molecule has 128 valence electrons. The third kappa shape index (κ3) is 2.97. The molecule has 0 aliphatic heterocycles. The van der Waals surface area contributed by atoms with Crippen molar-refractivity contribution >= 4 is 28.4 Å². The van der Waals surface area contributed by atoms with Crippen molar-refractivity contribution in [2.24, 2.45) is 0 Å². The van der Waals surface area contributed by atoms with Gasteiger partial charge in [0.25, 0.3) is 0 Å². The number of nitrogens with zero attached hydrogens (tertiary/aromatic N) is 2. The number of aromatic carboxylic acids is 1. The van der Waals surface area contributed by atoms with Crippen LogP contribution < -0.4 is 5.32 Å². The van der Waals surface area contributed by atoms with Crippen molar-refractivity contribution < 1.29 is 9.90 Å². The summed E-state index contributed by atoms with van der Waals surface area (Å²) in [6.45, 7) is 4.28. The number of hydrogen-bond donors (Lipinski definition) is 2. The molecule has 1 aliphatic rings. The molecule has 0 spiro atoms. The first-order valence-electron chi connectivity index (χ1n) is 8.64. The normalized spacial score (nSPS) is 14.2. The van der Waals surface area contributed by atoms with Crippen molar-refractivity contribution in [3.05, 3.63) is 53.9 Å². The van der Waals surface area contributed by atoms with Gasteiger partial charge in [0.1, 0.15) is 11.4 Å². The van der Waals surface area contributed by atoms with Gasteiger partial charge in [-0.1, -0.05) is 6.07 Å². The molecule has 0 bridgehead atoms. The maximum atomic E-state index is 11.6. The molecule has 0 radical (unpaired) electrons. The lowest BCUT2D eigenvalue weighted by molar-refractivity contribution is 0.0697. The topological polar surface area (TPSA) is 67.2 Å². The zero-order chi connectivity index (χ0) is 17.6. The highest BCUT2D eigenvalue weighted by atomic mass is 16.4. The molecule has 1 saturated carbocycles. The fraction of sp³-hybridized carbons (Fsp3) is 0.300. The number of nitrogens with one attached hydrogen (secondary N) is 1. The van der Waals surface area contributed by atoms with E-state index in [0.717, 1.165) is 35.0 Å². The molecule has 5 heteroatoms. The highest BCUT2D eigenvalue weighted by Crippen LogP contribution is 2.40. The summed E-state index contributed by atoms with van der Waals surface area (Å²) in [5.41, 5.74) is 3.20. The van der Waals surface area contributed by atoms with E-state index in [1.54, 1.807) is 12.3 Å². The second-order valence-electron chi connectivity index (χ2n) is 6.96. The Morgan fingerprint density at radius 1 is 1.28 bits per heavy atom. The predicted octanol–water partition coefficient (Wildman–Crippen LogP) is 4.94. The fourth-order valence-electron chi connectivity index (χ4n) is 3.20. The van der Waals surface area contributed by atoms with Gasteiger partial charge in [-0.25, -0.2) is 9.78 Å². The quantitative estimate of drug-likeness (QED) is 0.693. The average molecular weight is 335 g/mol. The number of fused-ring (bicyclic) bond motifs is 1. The monoisotopic (exact) mass is 335 g/mol. The Morgan fingerprint density at radius 3 is 2.76 bits per heavy atom. The third-order valence-corrected chi connectivity index (χ3v) is 4.73. The number of aromatic nitrogens is 2. The largest absolute Gasteiger partial charge is 0.478 e. The highest BCUT2D eigenvalue weighted by Gasteiger charge is 2.26. The Bertz CT molecular complexity index is 955. The molecule has 0 saturated heterocycles.